The third kappa shape index (κ3) is 4.09. The average Bonchev–Trinajstić information content (AvgIpc) is 3.12. The number of fused-ring (bicyclic) bond motifs is 1. The maximum absolute atomic E-state index is 13.0. The molecule has 4 rings (SSSR count). The molecule has 1 N–H and O–H groups in total. The van der Waals surface area contributed by atoms with Gasteiger partial charge in [0.2, 0.25) is 0 Å². The van der Waals surface area contributed by atoms with E-state index in [4.69, 9.17) is 4.74 Å². The van der Waals surface area contributed by atoms with Crippen LogP contribution in [0.4, 0.5) is 22.0 Å². The van der Waals surface area contributed by atoms with E-state index >= 15 is 0 Å². The van der Waals surface area contributed by atoms with Crippen LogP contribution in [-0.2, 0) is 6.18 Å². The lowest BCUT2D eigenvalue weighted by atomic mass is 10.0. The van der Waals surface area contributed by atoms with Crippen molar-refractivity contribution in [3.8, 4) is 28.5 Å². The molecule has 1 aromatic carbocycles. The number of hydrogen-bond acceptors (Lipinski definition) is 5. The molecular formula is C19H12F5N5O2. The molecule has 4 aromatic rings. The zero-order valence-electron chi connectivity index (χ0n) is 15.4. The summed E-state index contributed by atoms with van der Waals surface area (Å²) in [6, 6.07) is 8.60. The molecule has 0 radical (unpaired) electrons. The minimum Gasteiger partial charge on any atom is -0.459 e. The summed E-state index contributed by atoms with van der Waals surface area (Å²) in [6.07, 6.45) is -5.86. The first kappa shape index (κ1) is 20.4. The van der Waals surface area contributed by atoms with Crippen LogP contribution in [0.1, 0.15) is 5.56 Å². The summed E-state index contributed by atoms with van der Waals surface area (Å²) in [5.74, 6) is 0. The van der Waals surface area contributed by atoms with Gasteiger partial charge >= 0.3 is 11.9 Å². The molecule has 3 heterocycles. The minimum atomic E-state index is -4.53. The van der Waals surface area contributed by atoms with Crippen molar-refractivity contribution in [2.45, 2.75) is 12.6 Å². The molecule has 0 bridgehead atoms. The highest BCUT2D eigenvalue weighted by Crippen LogP contribution is 2.36. The number of rotatable bonds is 5. The van der Waals surface area contributed by atoms with Gasteiger partial charge in [-0.2, -0.15) is 27.8 Å². The van der Waals surface area contributed by atoms with Crippen LogP contribution in [-0.4, -0.2) is 37.6 Å². The van der Waals surface area contributed by atoms with Crippen LogP contribution in [0, 0.1) is 0 Å². The van der Waals surface area contributed by atoms with E-state index in [2.05, 4.69) is 20.1 Å². The summed E-state index contributed by atoms with van der Waals surface area (Å²) >= 11 is 0. The van der Waals surface area contributed by atoms with Crippen molar-refractivity contribution >= 4 is 5.65 Å². The van der Waals surface area contributed by atoms with Crippen molar-refractivity contribution in [3.63, 3.8) is 0 Å². The van der Waals surface area contributed by atoms with E-state index in [-0.39, 0.29) is 22.5 Å². The van der Waals surface area contributed by atoms with E-state index in [1.54, 1.807) is 18.2 Å². The number of nitrogens with one attached hydrogen (secondary N) is 1. The van der Waals surface area contributed by atoms with Crippen molar-refractivity contribution in [2.75, 3.05) is 6.61 Å². The summed E-state index contributed by atoms with van der Waals surface area (Å²) in [5.41, 5.74) is -0.819. The fourth-order valence-corrected chi connectivity index (χ4v) is 2.91. The molecule has 0 aliphatic rings. The first-order chi connectivity index (χ1) is 14.7. The van der Waals surface area contributed by atoms with Crippen molar-refractivity contribution in [1.29, 1.82) is 0 Å². The SMILES string of the molecule is O=c1[nH]c(OCC(F)F)nc2c(-c3ccc(C(F)(F)F)cc3)c(-c3ccccn3)nn12. The summed E-state index contributed by atoms with van der Waals surface area (Å²) < 4.78 is 69.5. The third-order valence-corrected chi connectivity index (χ3v) is 4.23. The first-order valence-corrected chi connectivity index (χ1v) is 8.77. The highest BCUT2D eigenvalue weighted by atomic mass is 19.4. The van der Waals surface area contributed by atoms with Gasteiger partial charge < -0.3 is 4.74 Å². The van der Waals surface area contributed by atoms with Gasteiger partial charge in [-0.15, -0.1) is 0 Å². The second-order valence-electron chi connectivity index (χ2n) is 6.30. The number of nitrogens with zero attached hydrogens (tertiary/aromatic N) is 4. The highest BCUT2D eigenvalue weighted by molar-refractivity contribution is 5.89. The molecule has 0 aliphatic carbocycles. The lowest BCUT2D eigenvalue weighted by Gasteiger charge is -2.08. The van der Waals surface area contributed by atoms with Gasteiger partial charge in [0, 0.05) is 6.20 Å². The molecule has 0 atom stereocenters. The van der Waals surface area contributed by atoms with Crippen molar-refractivity contribution < 1.29 is 26.7 Å². The number of benzene rings is 1. The molecule has 0 saturated heterocycles. The number of pyridine rings is 1. The lowest BCUT2D eigenvalue weighted by Crippen LogP contribution is -2.21. The number of aromatic amines is 1. The van der Waals surface area contributed by atoms with Gasteiger partial charge in [0.25, 0.3) is 12.4 Å². The van der Waals surface area contributed by atoms with Crippen LogP contribution in [0.3, 0.4) is 0 Å². The Morgan fingerprint density at radius 3 is 2.45 bits per heavy atom. The molecule has 160 valence electrons. The Morgan fingerprint density at radius 2 is 1.84 bits per heavy atom. The number of halogens is 5. The molecule has 0 fully saturated rings. The first-order valence-electron chi connectivity index (χ1n) is 8.77. The molecular weight excluding hydrogens is 425 g/mol. The summed E-state index contributed by atoms with van der Waals surface area (Å²) in [4.78, 5) is 22.8. The van der Waals surface area contributed by atoms with Gasteiger partial charge in [-0.25, -0.2) is 13.6 Å². The molecule has 0 aliphatic heterocycles. The van der Waals surface area contributed by atoms with E-state index in [1.807, 2.05) is 0 Å². The van der Waals surface area contributed by atoms with E-state index in [0.29, 0.717) is 5.69 Å². The van der Waals surface area contributed by atoms with E-state index < -0.39 is 36.5 Å². The largest absolute Gasteiger partial charge is 0.459 e. The van der Waals surface area contributed by atoms with Crippen molar-refractivity contribution in [3.05, 3.63) is 64.7 Å². The maximum Gasteiger partial charge on any atom is 0.416 e. The quantitative estimate of drug-likeness (QED) is 0.480. The topological polar surface area (TPSA) is 85.2 Å². The summed E-state index contributed by atoms with van der Waals surface area (Å²) in [5, 5.41) is 4.19. The van der Waals surface area contributed by atoms with Crippen LogP contribution in [0.2, 0.25) is 0 Å². The molecule has 0 unspecified atom stereocenters. The monoisotopic (exact) mass is 437 g/mol. The maximum atomic E-state index is 13.0. The molecule has 0 amide bonds. The Labute approximate surface area is 170 Å². The van der Waals surface area contributed by atoms with Crippen LogP contribution >= 0.6 is 0 Å². The Hall–Kier alpha value is -3.83. The standard InChI is InChI=1S/C19H12F5N5O2/c20-13(21)9-31-17-26-16-14(10-4-6-11(7-5-10)19(22,23)24)15(12-3-1-2-8-25-12)28-29(16)18(30)27-17/h1-8,13H,9H2,(H,26,27,30). The number of hydrogen-bond donors (Lipinski definition) is 1. The predicted molar refractivity (Wildman–Crippen MR) is 98.8 cm³/mol. The van der Waals surface area contributed by atoms with E-state index in [1.165, 1.54) is 18.3 Å². The Balaban J connectivity index is 1.94. The fourth-order valence-electron chi connectivity index (χ4n) is 2.91. The fraction of sp³-hybridized carbons (Fsp3) is 0.158. The molecule has 31 heavy (non-hydrogen) atoms. The second-order valence-corrected chi connectivity index (χ2v) is 6.30. The molecule has 3 aromatic heterocycles. The molecule has 12 heteroatoms. The zero-order chi connectivity index (χ0) is 22.2. The van der Waals surface area contributed by atoms with Gasteiger partial charge in [0.1, 0.15) is 5.69 Å². The van der Waals surface area contributed by atoms with E-state index in [0.717, 1.165) is 16.6 Å². The Kier molecular flexibility index (Phi) is 5.13. The Morgan fingerprint density at radius 1 is 1.10 bits per heavy atom. The number of aromatic nitrogens is 5. The Bertz CT molecular complexity index is 1270. The van der Waals surface area contributed by atoms with Gasteiger partial charge in [-0.3, -0.25) is 9.97 Å². The molecule has 0 spiro atoms. The van der Waals surface area contributed by atoms with Crippen molar-refractivity contribution in [1.82, 2.24) is 24.6 Å². The second kappa shape index (κ2) is 7.78. The number of alkyl halides is 5. The van der Waals surface area contributed by atoms with Crippen LogP contribution in [0.25, 0.3) is 28.2 Å². The van der Waals surface area contributed by atoms with Crippen molar-refractivity contribution in [2.24, 2.45) is 0 Å². The van der Waals surface area contributed by atoms with Gasteiger partial charge in [-0.1, -0.05) is 18.2 Å². The zero-order valence-corrected chi connectivity index (χ0v) is 15.4. The predicted octanol–water partition coefficient (Wildman–Crippen LogP) is 3.81. The van der Waals surface area contributed by atoms with Gasteiger partial charge in [0.05, 0.1) is 16.8 Å². The normalized spacial score (nSPS) is 11.9. The van der Waals surface area contributed by atoms with Crippen LogP contribution in [0.15, 0.2) is 53.5 Å². The smallest absolute Gasteiger partial charge is 0.416 e. The number of H-pyrrole nitrogens is 1. The molecule has 7 nitrogen and oxygen atoms in total. The lowest BCUT2D eigenvalue weighted by molar-refractivity contribution is -0.137. The van der Waals surface area contributed by atoms with Crippen LogP contribution in [0.5, 0.6) is 6.01 Å². The van der Waals surface area contributed by atoms with Crippen LogP contribution < -0.4 is 10.4 Å². The minimum absolute atomic E-state index is 0.0894. The van der Waals surface area contributed by atoms with Gasteiger partial charge in [-0.05, 0) is 29.8 Å². The average molecular weight is 437 g/mol. The summed E-state index contributed by atoms with van der Waals surface area (Å²) in [7, 11) is 0. The third-order valence-electron chi connectivity index (χ3n) is 4.23. The van der Waals surface area contributed by atoms with E-state index in [9.17, 15) is 26.7 Å². The highest BCUT2D eigenvalue weighted by Gasteiger charge is 2.30. The molecule has 0 saturated carbocycles. The summed E-state index contributed by atoms with van der Waals surface area (Å²) in [6.45, 7) is -1.00. The number of ether oxygens (including phenoxy) is 1. The van der Waals surface area contributed by atoms with Gasteiger partial charge in [0.15, 0.2) is 12.3 Å².